The molecule has 0 saturated heterocycles. The molecule has 3 nitrogen and oxygen atoms in total. The smallest absolute Gasteiger partial charge is 0.231 e. The summed E-state index contributed by atoms with van der Waals surface area (Å²) in [4.78, 5) is 0. The van der Waals surface area contributed by atoms with Crippen LogP contribution in [0.1, 0.15) is 22.8 Å². The SMILES string of the molecule is Cc1ccc(F)cc1CC(O)c1cc(Cl)c2c(c1)OCO2. The van der Waals surface area contributed by atoms with E-state index in [1.807, 2.05) is 6.92 Å². The van der Waals surface area contributed by atoms with Gasteiger partial charge in [-0.2, -0.15) is 0 Å². The molecule has 1 atom stereocenters. The quantitative estimate of drug-likeness (QED) is 0.937. The van der Waals surface area contributed by atoms with Crippen molar-refractivity contribution < 1.29 is 19.0 Å². The third-order valence-corrected chi connectivity index (χ3v) is 3.84. The largest absolute Gasteiger partial charge is 0.454 e. The number of aliphatic hydroxyl groups excluding tert-OH is 1. The van der Waals surface area contributed by atoms with E-state index < -0.39 is 6.10 Å². The Balaban J connectivity index is 1.87. The molecule has 0 fully saturated rings. The molecule has 0 bridgehead atoms. The van der Waals surface area contributed by atoms with Gasteiger partial charge < -0.3 is 14.6 Å². The molecule has 1 unspecified atom stereocenters. The van der Waals surface area contributed by atoms with Crippen LogP contribution in [0.3, 0.4) is 0 Å². The second-order valence-corrected chi connectivity index (χ2v) is 5.43. The number of benzene rings is 2. The number of halogens is 2. The van der Waals surface area contributed by atoms with Crippen molar-refractivity contribution >= 4 is 11.6 Å². The summed E-state index contributed by atoms with van der Waals surface area (Å²) in [6.45, 7) is 2.01. The van der Waals surface area contributed by atoms with E-state index in [0.29, 0.717) is 28.5 Å². The maximum atomic E-state index is 13.3. The van der Waals surface area contributed by atoms with E-state index in [4.69, 9.17) is 21.1 Å². The van der Waals surface area contributed by atoms with Gasteiger partial charge in [0.1, 0.15) is 5.82 Å². The van der Waals surface area contributed by atoms with Crippen LogP contribution in [0.15, 0.2) is 30.3 Å². The lowest BCUT2D eigenvalue weighted by molar-refractivity contribution is 0.171. The Morgan fingerprint density at radius 1 is 1.29 bits per heavy atom. The van der Waals surface area contributed by atoms with Crippen LogP contribution in [-0.4, -0.2) is 11.9 Å². The molecule has 1 aliphatic rings. The lowest BCUT2D eigenvalue weighted by atomic mass is 9.98. The Labute approximate surface area is 126 Å². The molecule has 21 heavy (non-hydrogen) atoms. The predicted molar refractivity (Wildman–Crippen MR) is 77.4 cm³/mol. The van der Waals surface area contributed by atoms with E-state index in [0.717, 1.165) is 11.1 Å². The van der Waals surface area contributed by atoms with Crippen LogP contribution in [0.2, 0.25) is 5.02 Å². The maximum absolute atomic E-state index is 13.3. The van der Waals surface area contributed by atoms with Gasteiger partial charge in [-0.3, -0.25) is 0 Å². The average Bonchev–Trinajstić information content (AvgIpc) is 2.91. The Bertz CT molecular complexity index is 687. The van der Waals surface area contributed by atoms with E-state index in [-0.39, 0.29) is 12.6 Å². The predicted octanol–water partition coefficient (Wildman–Crippen LogP) is 3.79. The topological polar surface area (TPSA) is 38.7 Å². The van der Waals surface area contributed by atoms with Gasteiger partial charge in [0, 0.05) is 6.42 Å². The molecule has 0 aromatic heterocycles. The van der Waals surface area contributed by atoms with Gasteiger partial charge in [-0.1, -0.05) is 17.7 Å². The minimum absolute atomic E-state index is 0.123. The first-order valence-electron chi connectivity index (χ1n) is 6.56. The van der Waals surface area contributed by atoms with Crippen LogP contribution in [0, 0.1) is 12.7 Å². The van der Waals surface area contributed by atoms with Gasteiger partial charge in [0.15, 0.2) is 11.5 Å². The zero-order valence-corrected chi connectivity index (χ0v) is 12.2. The highest BCUT2D eigenvalue weighted by Gasteiger charge is 2.21. The fourth-order valence-corrected chi connectivity index (χ4v) is 2.64. The second-order valence-electron chi connectivity index (χ2n) is 5.03. The van der Waals surface area contributed by atoms with Gasteiger partial charge in [-0.25, -0.2) is 4.39 Å². The normalized spacial score (nSPS) is 14.3. The third-order valence-electron chi connectivity index (χ3n) is 3.56. The van der Waals surface area contributed by atoms with E-state index in [2.05, 4.69) is 0 Å². The zero-order valence-electron chi connectivity index (χ0n) is 11.4. The summed E-state index contributed by atoms with van der Waals surface area (Å²) < 4.78 is 23.8. The van der Waals surface area contributed by atoms with Gasteiger partial charge in [0.05, 0.1) is 11.1 Å². The summed E-state index contributed by atoms with van der Waals surface area (Å²) in [5.41, 5.74) is 2.31. The fourth-order valence-electron chi connectivity index (χ4n) is 2.37. The molecule has 0 radical (unpaired) electrons. The molecule has 0 saturated carbocycles. The average molecular weight is 309 g/mol. The Hall–Kier alpha value is -1.78. The Morgan fingerprint density at radius 2 is 2.10 bits per heavy atom. The molecule has 2 aromatic carbocycles. The molecule has 110 valence electrons. The Morgan fingerprint density at radius 3 is 2.90 bits per heavy atom. The molecule has 1 aliphatic heterocycles. The number of hydrogen-bond donors (Lipinski definition) is 1. The van der Waals surface area contributed by atoms with Crippen molar-refractivity contribution in [3.8, 4) is 11.5 Å². The van der Waals surface area contributed by atoms with Gasteiger partial charge in [-0.05, 0) is 47.9 Å². The lowest BCUT2D eigenvalue weighted by Gasteiger charge is -2.14. The first-order chi connectivity index (χ1) is 10.0. The summed E-state index contributed by atoms with van der Waals surface area (Å²) in [5.74, 6) is 0.702. The minimum Gasteiger partial charge on any atom is -0.454 e. The number of aryl methyl sites for hydroxylation is 1. The van der Waals surface area contributed by atoms with Gasteiger partial charge in [-0.15, -0.1) is 0 Å². The number of ether oxygens (including phenoxy) is 2. The molecule has 2 aromatic rings. The molecular weight excluding hydrogens is 295 g/mol. The summed E-state index contributed by atoms with van der Waals surface area (Å²) >= 11 is 6.10. The molecule has 5 heteroatoms. The molecule has 1 heterocycles. The number of hydrogen-bond acceptors (Lipinski definition) is 3. The first-order valence-corrected chi connectivity index (χ1v) is 6.94. The highest BCUT2D eigenvalue weighted by Crippen LogP contribution is 2.41. The highest BCUT2D eigenvalue weighted by atomic mass is 35.5. The van der Waals surface area contributed by atoms with E-state index >= 15 is 0 Å². The summed E-state index contributed by atoms with van der Waals surface area (Å²) in [7, 11) is 0. The summed E-state index contributed by atoms with van der Waals surface area (Å²) in [5, 5.41) is 10.8. The second kappa shape index (κ2) is 5.54. The minimum atomic E-state index is -0.794. The number of fused-ring (bicyclic) bond motifs is 1. The zero-order chi connectivity index (χ0) is 15.0. The van der Waals surface area contributed by atoms with Crippen LogP contribution >= 0.6 is 11.6 Å². The van der Waals surface area contributed by atoms with E-state index in [1.165, 1.54) is 12.1 Å². The van der Waals surface area contributed by atoms with Crippen LogP contribution < -0.4 is 9.47 Å². The monoisotopic (exact) mass is 308 g/mol. The lowest BCUT2D eigenvalue weighted by Crippen LogP contribution is -2.04. The van der Waals surface area contributed by atoms with Crippen molar-refractivity contribution in [2.24, 2.45) is 0 Å². The van der Waals surface area contributed by atoms with Crippen molar-refractivity contribution in [1.82, 2.24) is 0 Å². The van der Waals surface area contributed by atoms with Crippen molar-refractivity contribution in [1.29, 1.82) is 0 Å². The maximum Gasteiger partial charge on any atom is 0.231 e. The molecule has 0 amide bonds. The van der Waals surface area contributed by atoms with Crippen molar-refractivity contribution in [3.63, 3.8) is 0 Å². The standard InChI is InChI=1S/C16H14ClFO3/c1-9-2-3-12(18)4-10(9)6-14(19)11-5-13(17)16-15(7-11)20-8-21-16/h2-5,7,14,19H,6,8H2,1H3. The van der Waals surface area contributed by atoms with Crippen LogP contribution in [0.25, 0.3) is 0 Å². The van der Waals surface area contributed by atoms with Gasteiger partial charge in [0.2, 0.25) is 6.79 Å². The van der Waals surface area contributed by atoms with Crippen molar-refractivity contribution in [2.75, 3.05) is 6.79 Å². The summed E-state index contributed by atoms with van der Waals surface area (Å²) in [6, 6.07) is 7.89. The van der Waals surface area contributed by atoms with Gasteiger partial charge >= 0.3 is 0 Å². The van der Waals surface area contributed by atoms with E-state index in [1.54, 1.807) is 18.2 Å². The Kier molecular flexibility index (Phi) is 3.74. The molecular formula is C16H14ClFO3. The number of rotatable bonds is 3. The first kappa shape index (κ1) is 14.2. The third kappa shape index (κ3) is 2.82. The number of aliphatic hydroxyl groups is 1. The highest BCUT2D eigenvalue weighted by molar-refractivity contribution is 6.32. The summed E-state index contributed by atoms with van der Waals surface area (Å²) in [6.07, 6.45) is -0.489. The molecule has 0 spiro atoms. The van der Waals surface area contributed by atoms with Crippen LogP contribution in [0.4, 0.5) is 4.39 Å². The molecule has 3 rings (SSSR count). The van der Waals surface area contributed by atoms with E-state index in [9.17, 15) is 9.50 Å². The fraction of sp³-hybridized carbons (Fsp3) is 0.250. The van der Waals surface area contributed by atoms with Crippen LogP contribution in [0.5, 0.6) is 11.5 Å². The molecule has 1 N–H and O–H groups in total. The van der Waals surface area contributed by atoms with Crippen molar-refractivity contribution in [2.45, 2.75) is 19.4 Å². The van der Waals surface area contributed by atoms with Crippen molar-refractivity contribution in [3.05, 3.63) is 57.9 Å². The van der Waals surface area contributed by atoms with Gasteiger partial charge in [0.25, 0.3) is 0 Å². The molecule has 0 aliphatic carbocycles. The van der Waals surface area contributed by atoms with Crippen LogP contribution in [-0.2, 0) is 6.42 Å².